The number of unbranched alkanes of at least 4 members (excludes halogenated alkanes) is 3. The third-order valence-electron chi connectivity index (χ3n) is 3.10. The fourth-order valence-corrected chi connectivity index (χ4v) is 2.47. The van der Waals surface area contributed by atoms with Crippen LogP contribution in [0.4, 0.5) is 0 Å². The maximum absolute atomic E-state index is 11.9. The number of rotatable bonds is 11. The Bertz CT molecular complexity index is 318. The van der Waals surface area contributed by atoms with Crippen LogP contribution in [0.1, 0.15) is 59.3 Å². The first-order chi connectivity index (χ1) is 9.47. The van der Waals surface area contributed by atoms with Crippen LogP contribution in [0.5, 0.6) is 0 Å². The SMILES string of the molecule is CCCCCCC(C)C(=O)CC(=O)SCCNC(C)=O. The molecule has 1 unspecified atom stereocenters. The average molecular weight is 301 g/mol. The van der Waals surface area contributed by atoms with Crippen molar-refractivity contribution in [3.8, 4) is 0 Å². The summed E-state index contributed by atoms with van der Waals surface area (Å²) in [5.41, 5.74) is 0. The number of hydrogen-bond acceptors (Lipinski definition) is 4. The number of nitrogens with one attached hydrogen (secondary N) is 1. The van der Waals surface area contributed by atoms with E-state index in [9.17, 15) is 14.4 Å². The molecule has 5 heteroatoms. The van der Waals surface area contributed by atoms with Gasteiger partial charge in [-0.2, -0.15) is 0 Å². The van der Waals surface area contributed by atoms with Gasteiger partial charge in [0.25, 0.3) is 0 Å². The summed E-state index contributed by atoms with van der Waals surface area (Å²) in [4.78, 5) is 34.1. The molecule has 1 N–H and O–H groups in total. The summed E-state index contributed by atoms with van der Waals surface area (Å²) in [6, 6.07) is 0. The van der Waals surface area contributed by atoms with Gasteiger partial charge in [-0.05, 0) is 6.42 Å². The van der Waals surface area contributed by atoms with Gasteiger partial charge in [0.1, 0.15) is 5.78 Å². The molecule has 20 heavy (non-hydrogen) atoms. The predicted octanol–water partition coefficient (Wildman–Crippen LogP) is 2.95. The first kappa shape index (κ1) is 19.2. The smallest absolute Gasteiger partial charge is 0.216 e. The lowest BCUT2D eigenvalue weighted by Gasteiger charge is -2.09. The molecular weight excluding hydrogens is 274 g/mol. The molecule has 0 aliphatic carbocycles. The molecule has 4 nitrogen and oxygen atoms in total. The van der Waals surface area contributed by atoms with Crippen LogP contribution in [0.15, 0.2) is 0 Å². The molecule has 1 amide bonds. The van der Waals surface area contributed by atoms with Gasteiger partial charge in [-0.25, -0.2) is 0 Å². The van der Waals surface area contributed by atoms with Crippen LogP contribution in [0.25, 0.3) is 0 Å². The minimum absolute atomic E-state index is 0.0136. The number of carbonyl (C=O) groups is 3. The molecular formula is C15H27NO3S. The van der Waals surface area contributed by atoms with E-state index in [1.165, 1.54) is 19.8 Å². The van der Waals surface area contributed by atoms with Crippen molar-refractivity contribution in [2.45, 2.75) is 59.3 Å². The van der Waals surface area contributed by atoms with Gasteiger partial charge in [-0.3, -0.25) is 14.4 Å². The van der Waals surface area contributed by atoms with E-state index in [4.69, 9.17) is 0 Å². The normalized spacial score (nSPS) is 11.9. The van der Waals surface area contributed by atoms with Gasteiger partial charge in [-0.15, -0.1) is 0 Å². The number of carbonyl (C=O) groups excluding carboxylic acids is 3. The standard InChI is InChI=1S/C15H27NO3S/c1-4-5-6-7-8-12(2)14(18)11-15(19)20-10-9-16-13(3)17/h12H,4-11H2,1-3H3,(H,16,17). The Morgan fingerprint density at radius 3 is 2.45 bits per heavy atom. The molecule has 0 saturated heterocycles. The molecule has 0 rings (SSSR count). The molecule has 0 aromatic heterocycles. The quantitative estimate of drug-likeness (QED) is 0.471. The van der Waals surface area contributed by atoms with Gasteiger partial charge in [-0.1, -0.05) is 51.3 Å². The molecule has 116 valence electrons. The lowest BCUT2D eigenvalue weighted by atomic mass is 9.97. The Hall–Kier alpha value is -0.840. The molecule has 0 aromatic carbocycles. The summed E-state index contributed by atoms with van der Waals surface area (Å²) in [7, 11) is 0. The van der Waals surface area contributed by atoms with Crippen molar-refractivity contribution in [2.75, 3.05) is 12.3 Å². The maximum atomic E-state index is 11.9. The van der Waals surface area contributed by atoms with Crippen molar-refractivity contribution in [2.24, 2.45) is 5.92 Å². The van der Waals surface area contributed by atoms with Crippen LogP contribution in [0.3, 0.4) is 0 Å². The second kappa shape index (κ2) is 11.9. The minimum atomic E-state index is -0.102. The van der Waals surface area contributed by atoms with Crippen LogP contribution in [-0.4, -0.2) is 29.1 Å². The second-order valence-electron chi connectivity index (χ2n) is 5.10. The monoisotopic (exact) mass is 301 g/mol. The summed E-state index contributed by atoms with van der Waals surface area (Å²) in [6.07, 6.45) is 5.51. The van der Waals surface area contributed by atoms with Crippen LogP contribution in [-0.2, 0) is 14.4 Å². The molecule has 0 aliphatic rings. The van der Waals surface area contributed by atoms with E-state index < -0.39 is 0 Å². The first-order valence-electron chi connectivity index (χ1n) is 7.40. The van der Waals surface area contributed by atoms with Crippen molar-refractivity contribution < 1.29 is 14.4 Å². The molecule has 0 fully saturated rings. The Kier molecular flexibility index (Phi) is 11.4. The van der Waals surface area contributed by atoms with E-state index in [2.05, 4.69) is 12.2 Å². The van der Waals surface area contributed by atoms with Gasteiger partial charge < -0.3 is 5.32 Å². The molecule has 0 bridgehead atoms. The van der Waals surface area contributed by atoms with Crippen LogP contribution in [0.2, 0.25) is 0 Å². The number of thioether (sulfide) groups is 1. The van der Waals surface area contributed by atoms with E-state index in [-0.39, 0.29) is 29.1 Å². The summed E-state index contributed by atoms with van der Waals surface area (Å²) < 4.78 is 0. The van der Waals surface area contributed by atoms with Crippen molar-refractivity contribution >= 4 is 28.6 Å². The van der Waals surface area contributed by atoms with Crippen LogP contribution < -0.4 is 5.32 Å². The fraction of sp³-hybridized carbons (Fsp3) is 0.800. The van der Waals surface area contributed by atoms with Gasteiger partial charge in [0, 0.05) is 25.1 Å². The van der Waals surface area contributed by atoms with E-state index >= 15 is 0 Å². The van der Waals surface area contributed by atoms with Crippen molar-refractivity contribution in [1.82, 2.24) is 5.32 Å². The largest absolute Gasteiger partial charge is 0.356 e. The minimum Gasteiger partial charge on any atom is -0.356 e. The third-order valence-corrected chi connectivity index (χ3v) is 3.97. The fourth-order valence-electron chi connectivity index (χ4n) is 1.80. The Balaban J connectivity index is 3.71. The Morgan fingerprint density at radius 2 is 1.85 bits per heavy atom. The highest BCUT2D eigenvalue weighted by molar-refractivity contribution is 8.13. The highest BCUT2D eigenvalue weighted by atomic mass is 32.2. The topological polar surface area (TPSA) is 63.2 Å². The summed E-state index contributed by atoms with van der Waals surface area (Å²) in [5.74, 6) is 0.441. The maximum Gasteiger partial charge on any atom is 0.216 e. The van der Waals surface area contributed by atoms with Crippen LogP contribution >= 0.6 is 11.8 Å². The molecule has 0 aromatic rings. The summed E-state index contributed by atoms with van der Waals surface area (Å²) in [6.45, 7) is 5.97. The highest BCUT2D eigenvalue weighted by Gasteiger charge is 2.16. The van der Waals surface area contributed by atoms with Gasteiger partial charge in [0.2, 0.25) is 5.91 Å². The second-order valence-corrected chi connectivity index (χ2v) is 6.25. The number of Topliss-reactive ketones (excluding diaryl/α,β-unsaturated/α-hetero) is 1. The molecule has 1 atom stereocenters. The molecule has 0 radical (unpaired) electrons. The zero-order chi connectivity index (χ0) is 15.4. The Morgan fingerprint density at radius 1 is 1.15 bits per heavy atom. The van der Waals surface area contributed by atoms with Gasteiger partial charge in [0.15, 0.2) is 5.12 Å². The summed E-state index contributed by atoms with van der Waals surface area (Å²) >= 11 is 1.12. The summed E-state index contributed by atoms with van der Waals surface area (Å²) in [5, 5.41) is 2.52. The molecule has 0 aliphatic heterocycles. The van der Waals surface area contributed by atoms with Crippen molar-refractivity contribution in [3.05, 3.63) is 0 Å². The lowest BCUT2D eigenvalue weighted by Crippen LogP contribution is -2.23. The van der Waals surface area contributed by atoms with Crippen LogP contribution in [0, 0.1) is 5.92 Å². The number of amides is 1. The Labute approximate surface area is 126 Å². The molecule has 0 spiro atoms. The third kappa shape index (κ3) is 11.0. The van der Waals surface area contributed by atoms with E-state index in [1.807, 2.05) is 6.92 Å². The highest BCUT2D eigenvalue weighted by Crippen LogP contribution is 2.15. The van der Waals surface area contributed by atoms with E-state index in [0.717, 1.165) is 31.0 Å². The average Bonchev–Trinajstić information content (AvgIpc) is 2.39. The zero-order valence-corrected chi connectivity index (χ0v) is 13.7. The zero-order valence-electron chi connectivity index (χ0n) is 12.9. The molecule has 0 saturated carbocycles. The van der Waals surface area contributed by atoms with Crippen molar-refractivity contribution in [3.63, 3.8) is 0 Å². The van der Waals surface area contributed by atoms with Gasteiger partial charge >= 0.3 is 0 Å². The van der Waals surface area contributed by atoms with Gasteiger partial charge in [0.05, 0.1) is 6.42 Å². The van der Waals surface area contributed by atoms with Crippen molar-refractivity contribution in [1.29, 1.82) is 0 Å². The predicted molar refractivity (Wildman–Crippen MR) is 83.7 cm³/mol. The first-order valence-corrected chi connectivity index (χ1v) is 8.38. The molecule has 0 heterocycles. The van der Waals surface area contributed by atoms with E-state index in [1.54, 1.807) is 0 Å². The van der Waals surface area contributed by atoms with E-state index in [0.29, 0.717) is 12.3 Å². The number of ketones is 1. The lowest BCUT2D eigenvalue weighted by molar-refractivity contribution is -0.126. The number of hydrogen-bond donors (Lipinski definition) is 1.